The van der Waals surface area contributed by atoms with Crippen LogP contribution < -0.4 is 10.6 Å². The Bertz CT molecular complexity index is 895. The van der Waals surface area contributed by atoms with E-state index in [-0.39, 0.29) is 11.7 Å². The van der Waals surface area contributed by atoms with Gasteiger partial charge in [0.2, 0.25) is 5.91 Å². The molecule has 1 amide bonds. The van der Waals surface area contributed by atoms with Gasteiger partial charge >= 0.3 is 0 Å². The SMILES string of the molecule is O=C(Cc1ccc(NCc2cccc(Cl)c2)cc1)NCc1ccc(F)cc1. The molecule has 5 heteroatoms. The van der Waals surface area contributed by atoms with Crippen molar-refractivity contribution in [2.24, 2.45) is 0 Å². The van der Waals surface area contributed by atoms with Gasteiger partial charge in [-0.3, -0.25) is 4.79 Å². The second-order valence-corrected chi connectivity index (χ2v) is 6.70. The number of carbonyl (C=O) groups is 1. The summed E-state index contributed by atoms with van der Waals surface area (Å²) >= 11 is 5.99. The molecule has 0 aliphatic rings. The van der Waals surface area contributed by atoms with Crippen molar-refractivity contribution in [3.8, 4) is 0 Å². The fourth-order valence-electron chi connectivity index (χ4n) is 2.64. The fraction of sp³-hybridized carbons (Fsp3) is 0.136. The summed E-state index contributed by atoms with van der Waals surface area (Å²) in [5.74, 6) is -0.354. The number of halogens is 2. The fourth-order valence-corrected chi connectivity index (χ4v) is 2.86. The summed E-state index contributed by atoms with van der Waals surface area (Å²) in [6, 6.07) is 21.6. The Balaban J connectivity index is 1.46. The third-order valence-electron chi connectivity index (χ3n) is 4.11. The summed E-state index contributed by atoms with van der Waals surface area (Å²) in [5.41, 5.74) is 3.88. The van der Waals surface area contributed by atoms with E-state index in [9.17, 15) is 9.18 Å². The molecule has 2 N–H and O–H groups in total. The average Bonchev–Trinajstić information content (AvgIpc) is 2.67. The van der Waals surface area contributed by atoms with Gasteiger partial charge in [0.1, 0.15) is 5.82 Å². The highest BCUT2D eigenvalue weighted by molar-refractivity contribution is 6.30. The van der Waals surface area contributed by atoms with Crippen molar-refractivity contribution in [3.63, 3.8) is 0 Å². The summed E-state index contributed by atoms with van der Waals surface area (Å²) in [5, 5.41) is 6.89. The molecule has 138 valence electrons. The first-order valence-electron chi connectivity index (χ1n) is 8.67. The van der Waals surface area contributed by atoms with E-state index < -0.39 is 0 Å². The summed E-state index contributed by atoms with van der Waals surface area (Å²) in [6.07, 6.45) is 0.301. The highest BCUT2D eigenvalue weighted by atomic mass is 35.5. The zero-order valence-electron chi connectivity index (χ0n) is 14.7. The Morgan fingerprint density at radius 2 is 1.56 bits per heavy atom. The Kier molecular flexibility index (Phi) is 6.44. The van der Waals surface area contributed by atoms with E-state index in [0.29, 0.717) is 19.5 Å². The molecule has 0 spiro atoms. The smallest absolute Gasteiger partial charge is 0.224 e. The van der Waals surface area contributed by atoms with Crippen molar-refractivity contribution in [2.75, 3.05) is 5.32 Å². The van der Waals surface area contributed by atoms with E-state index >= 15 is 0 Å². The van der Waals surface area contributed by atoms with E-state index in [1.165, 1.54) is 12.1 Å². The van der Waals surface area contributed by atoms with Crippen LogP contribution in [-0.4, -0.2) is 5.91 Å². The van der Waals surface area contributed by atoms with Crippen LogP contribution in [0.5, 0.6) is 0 Å². The molecule has 0 saturated carbocycles. The zero-order valence-corrected chi connectivity index (χ0v) is 15.5. The molecule has 3 aromatic carbocycles. The number of hydrogen-bond acceptors (Lipinski definition) is 2. The van der Waals surface area contributed by atoms with Gasteiger partial charge in [-0.15, -0.1) is 0 Å². The van der Waals surface area contributed by atoms with E-state index in [1.54, 1.807) is 12.1 Å². The molecule has 0 bridgehead atoms. The molecule has 3 aromatic rings. The topological polar surface area (TPSA) is 41.1 Å². The lowest BCUT2D eigenvalue weighted by Crippen LogP contribution is -2.24. The predicted octanol–water partition coefficient (Wildman–Crippen LogP) is 4.95. The van der Waals surface area contributed by atoms with Crippen molar-refractivity contribution in [3.05, 3.63) is 100 Å². The van der Waals surface area contributed by atoms with Crippen molar-refractivity contribution >= 4 is 23.2 Å². The van der Waals surface area contributed by atoms with Gasteiger partial charge in [-0.05, 0) is 53.1 Å². The van der Waals surface area contributed by atoms with Gasteiger partial charge in [-0.2, -0.15) is 0 Å². The molecule has 3 rings (SSSR count). The largest absolute Gasteiger partial charge is 0.381 e. The lowest BCUT2D eigenvalue weighted by Gasteiger charge is -2.09. The molecule has 0 saturated heterocycles. The normalized spacial score (nSPS) is 10.4. The van der Waals surface area contributed by atoms with Crippen LogP contribution in [0.1, 0.15) is 16.7 Å². The second kappa shape index (κ2) is 9.19. The number of hydrogen-bond donors (Lipinski definition) is 2. The number of carbonyl (C=O) groups excluding carboxylic acids is 1. The van der Waals surface area contributed by atoms with E-state index in [1.807, 2.05) is 48.5 Å². The number of anilines is 1. The minimum atomic E-state index is -0.283. The van der Waals surface area contributed by atoms with Gasteiger partial charge in [0.15, 0.2) is 0 Å². The van der Waals surface area contributed by atoms with Crippen molar-refractivity contribution in [1.82, 2.24) is 5.32 Å². The molecule has 0 aliphatic carbocycles. The molecule has 0 unspecified atom stereocenters. The van der Waals surface area contributed by atoms with Gasteiger partial charge in [0, 0.05) is 23.8 Å². The molecule has 0 aromatic heterocycles. The van der Waals surface area contributed by atoms with Gasteiger partial charge in [0.25, 0.3) is 0 Å². The molecular formula is C22H20ClFN2O. The Morgan fingerprint density at radius 3 is 2.26 bits per heavy atom. The minimum Gasteiger partial charge on any atom is -0.381 e. The van der Waals surface area contributed by atoms with Gasteiger partial charge in [-0.1, -0.05) is 48.0 Å². The van der Waals surface area contributed by atoms with Crippen LogP contribution in [-0.2, 0) is 24.3 Å². The maximum Gasteiger partial charge on any atom is 0.224 e. The first-order chi connectivity index (χ1) is 13.1. The quantitative estimate of drug-likeness (QED) is 0.607. The van der Waals surface area contributed by atoms with Crippen LogP contribution >= 0.6 is 11.6 Å². The predicted molar refractivity (Wildman–Crippen MR) is 107 cm³/mol. The maximum absolute atomic E-state index is 12.9. The first kappa shape index (κ1) is 18.9. The Hall–Kier alpha value is -2.85. The maximum atomic E-state index is 12.9. The van der Waals surface area contributed by atoms with Gasteiger partial charge in [-0.25, -0.2) is 4.39 Å². The molecular weight excluding hydrogens is 363 g/mol. The van der Waals surface area contributed by atoms with Gasteiger partial charge < -0.3 is 10.6 Å². The third-order valence-corrected chi connectivity index (χ3v) is 4.34. The van der Waals surface area contributed by atoms with Crippen molar-refractivity contribution in [1.29, 1.82) is 0 Å². The molecule has 3 nitrogen and oxygen atoms in total. The van der Waals surface area contributed by atoms with Crippen molar-refractivity contribution < 1.29 is 9.18 Å². The van der Waals surface area contributed by atoms with Crippen molar-refractivity contribution in [2.45, 2.75) is 19.5 Å². The summed E-state index contributed by atoms with van der Waals surface area (Å²) in [4.78, 5) is 12.1. The van der Waals surface area contributed by atoms with E-state index in [4.69, 9.17) is 11.6 Å². The first-order valence-corrected chi connectivity index (χ1v) is 9.05. The molecule has 27 heavy (non-hydrogen) atoms. The van der Waals surface area contributed by atoms with Crippen LogP contribution in [0.3, 0.4) is 0 Å². The molecule has 0 fully saturated rings. The molecule has 0 atom stereocenters. The number of nitrogens with one attached hydrogen (secondary N) is 2. The molecule has 0 heterocycles. The van der Waals surface area contributed by atoms with Crippen LogP contribution in [0.2, 0.25) is 5.02 Å². The molecule has 0 radical (unpaired) electrons. The Morgan fingerprint density at radius 1 is 0.852 bits per heavy atom. The average molecular weight is 383 g/mol. The summed E-state index contributed by atoms with van der Waals surface area (Å²) < 4.78 is 12.9. The monoisotopic (exact) mass is 382 g/mol. The van der Waals surface area contributed by atoms with Gasteiger partial charge in [0.05, 0.1) is 6.42 Å². The summed E-state index contributed by atoms with van der Waals surface area (Å²) in [7, 11) is 0. The zero-order chi connectivity index (χ0) is 19.1. The van der Waals surface area contributed by atoms with E-state index in [0.717, 1.165) is 27.4 Å². The highest BCUT2D eigenvalue weighted by Crippen LogP contribution is 2.14. The van der Waals surface area contributed by atoms with Crippen LogP contribution in [0, 0.1) is 5.82 Å². The number of amides is 1. The van der Waals surface area contributed by atoms with Crippen LogP contribution in [0.25, 0.3) is 0 Å². The standard InChI is InChI=1S/C22H20ClFN2O/c23-19-3-1-2-18(12-19)15-25-21-10-6-16(7-11-21)13-22(27)26-14-17-4-8-20(24)9-5-17/h1-12,25H,13-15H2,(H,26,27). The molecule has 0 aliphatic heterocycles. The number of benzene rings is 3. The van der Waals surface area contributed by atoms with Crippen LogP contribution in [0.15, 0.2) is 72.8 Å². The summed E-state index contributed by atoms with van der Waals surface area (Å²) in [6.45, 7) is 1.07. The lowest BCUT2D eigenvalue weighted by atomic mass is 10.1. The lowest BCUT2D eigenvalue weighted by molar-refractivity contribution is -0.120. The third kappa shape index (κ3) is 6.12. The Labute approximate surface area is 163 Å². The minimum absolute atomic E-state index is 0.0704. The highest BCUT2D eigenvalue weighted by Gasteiger charge is 2.04. The number of rotatable bonds is 7. The second-order valence-electron chi connectivity index (χ2n) is 6.26. The van der Waals surface area contributed by atoms with Crippen LogP contribution in [0.4, 0.5) is 10.1 Å². The van der Waals surface area contributed by atoms with E-state index in [2.05, 4.69) is 10.6 Å².